The molecule has 1 aliphatic rings. The average molecular weight is 414 g/mol. The molecule has 2 rings (SSSR count). The molecule has 1 aliphatic heterocycles. The standard InChI is InChI=1S/C21H35N3O3.ClH/c1-5-24(15-18-6-7-19(26-3)20(14-18)27-4)21(25)16-23-12-9-17(10-13-23)8-11-22-2;/h6-7,14,17,22H,5,8-13,15-16H2,1-4H3;1H. The van der Waals surface area contributed by atoms with Crippen molar-refractivity contribution in [2.75, 3.05) is 54.0 Å². The van der Waals surface area contributed by atoms with Gasteiger partial charge in [-0.1, -0.05) is 6.07 Å². The molecule has 1 fully saturated rings. The van der Waals surface area contributed by atoms with Crippen molar-refractivity contribution in [2.45, 2.75) is 32.7 Å². The van der Waals surface area contributed by atoms with Gasteiger partial charge in [0.2, 0.25) is 5.91 Å². The number of ether oxygens (including phenoxy) is 2. The van der Waals surface area contributed by atoms with Gasteiger partial charge in [-0.15, -0.1) is 12.4 Å². The quantitative estimate of drug-likeness (QED) is 0.639. The van der Waals surface area contributed by atoms with E-state index in [9.17, 15) is 4.79 Å². The van der Waals surface area contributed by atoms with Crippen LogP contribution in [-0.4, -0.2) is 69.7 Å². The van der Waals surface area contributed by atoms with Crippen LogP contribution in [-0.2, 0) is 11.3 Å². The van der Waals surface area contributed by atoms with Crippen molar-refractivity contribution in [3.63, 3.8) is 0 Å². The molecule has 0 saturated carbocycles. The van der Waals surface area contributed by atoms with Crippen LogP contribution in [0.4, 0.5) is 0 Å². The molecule has 1 aromatic carbocycles. The summed E-state index contributed by atoms with van der Waals surface area (Å²) in [5.74, 6) is 2.39. The number of piperidine rings is 1. The summed E-state index contributed by atoms with van der Waals surface area (Å²) in [6.07, 6.45) is 3.62. The Labute approximate surface area is 176 Å². The first-order chi connectivity index (χ1) is 13.1. The molecule has 1 heterocycles. The van der Waals surface area contributed by atoms with Gasteiger partial charge in [-0.25, -0.2) is 0 Å². The number of benzene rings is 1. The van der Waals surface area contributed by atoms with Gasteiger partial charge in [-0.3, -0.25) is 9.69 Å². The third-order valence-corrected chi connectivity index (χ3v) is 5.42. The first-order valence-corrected chi connectivity index (χ1v) is 9.96. The molecule has 1 N–H and O–H groups in total. The maximum atomic E-state index is 12.8. The average Bonchev–Trinajstić information content (AvgIpc) is 2.71. The summed E-state index contributed by atoms with van der Waals surface area (Å²) >= 11 is 0. The van der Waals surface area contributed by atoms with E-state index in [1.807, 2.05) is 37.1 Å². The van der Waals surface area contributed by atoms with Crippen LogP contribution in [0.25, 0.3) is 0 Å². The number of carbonyl (C=O) groups excluding carboxylic acids is 1. The summed E-state index contributed by atoms with van der Waals surface area (Å²) in [7, 11) is 5.26. The summed E-state index contributed by atoms with van der Waals surface area (Å²) in [6.45, 7) is 6.96. The maximum Gasteiger partial charge on any atom is 0.237 e. The van der Waals surface area contributed by atoms with Gasteiger partial charge < -0.3 is 19.7 Å². The molecular weight excluding hydrogens is 378 g/mol. The van der Waals surface area contributed by atoms with E-state index in [-0.39, 0.29) is 18.3 Å². The first kappa shape index (κ1) is 24.5. The van der Waals surface area contributed by atoms with E-state index in [2.05, 4.69) is 10.2 Å². The molecule has 1 amide bonds. The third-order valence-electron chi connectivity index (χ3n) is 5.42. The van der Waals surface area contributed by atoms with Crippen LogP contribution in [0.15, 0.2) is 18.2 Å². The lowest BCUT2D eigenvalue weighted by Gasteiger charge is -2.33. The van der Waals surface area contributed by atoms with Crippen molar-refractivity contribution in [1.29, 1.82) is 0 Å². The summed E-state index contributed by atoms with van der Waals surface area (Å²) < 4.78 is 10.7. The van der Waals surface area contributed by atoms with Crippen molar-refractivity contribution < 1.29 is 14.3 Å². The lowest BCUT2D eigenvalue weighted by atomic mass is 9.93. The molecule has 1 aromatic rings. The molecular formula is C21H36ClN3O3. The first-order valence-electron chi connectivity index (χ1n) is 9.96. The van der Waals surface area contributed by atoms with E-state index in [1.165, 1.54) is 19.3 Å². The number of carbonyl (C=O) groups is 1. The fraction of sp³-hybridized carbons (Fsp3) is 0.667. The Morgan fingerprint density at radius 1 is 1.21 bits per heavy atom. The second kappa shape index (κ2) is 12.9. The van der Waals surface area contributed by atoms with E-state index >= 15 is 0 Å². The highest BCUT2D eigenvalue weighted by molar-refractivity contribution is 5.85. The number of methoxy groups -OCH3 is 2. The number of likely N-dealkylation sites (tertiary alicyclic amines) is 1. The highest BCUT2D eigenvalue weighted by atomic mass is 35.5. The van der Waals surface area contributed by atoms with Gasteiger partial charge in [-0.2, -0.15) is 0 Å². The topological polar surface area (TPSA) is 54.0 Å². The second-order valence-electron chi connectivity index (χ2n) is 7.21. The molecule has 0 atom stereocenters. The van der Waals surface area contributed by atoms with Crippen LogP contribution in [0.5, 0.6) is 11.5 Å². The molecule has 0 unspecified atom stereocenters. The zero-order chi connectivity index (χ0) is 19.6. The predicted molar refractivity (Wildman–Crippen MR) is 116 cm³/mol. The molecule has 1 saturated heterocycles. The lowest BCUT2D eigenvalue weighted by molar-refractivity contribution is -0.133. The highest BCUT2D eigenvalue weighted by Crippen LogP contribution is 2.28. The fourth-order valence-electron chi connectivity index (χ4n) is 3.65. The minimum atomic E-state index is 0. The molecule has 0 aliphatic carbocycles. The van der Waals surface area contributed by atoms with Crippen LogP contribution in [0.3, 0.4) is 0 Å². The molecule has 0 aromatic heterocycles. The normalized spacial score (nSPS) is 15.0. The summed E-state index contributed by atoms with van der Waals surface area (Å²) in [6, 6.07) is 5.83. The zero-order valence-corrected chi connectivity index (χ0v) is 18.5. The van der Waals surface area contributed by atoms with Crippen molar-refractivity contribution in [2.24, 2.45) is 5.92 Å². The number of amides is 1. The van der Waals surface area contributed by atoms with Crippen molar-refractivity contribution >= 4 is 18.3 Å². The third kappa shape index (κ3) is 7.15. The van der Waals surface area contributed by atoms with Crippen LogP contribution in [0, 0.1) is 5.92 Å². The lowest BCUT2D eigenvalue weighted by Crippen LogP contribution is -2.43. The molecule has 0 radical (unpaired) electrons. The minimum absolute atomic E-state index is 0. The van der Waals surface area contributed by atoms with Gasteiger partial charge in [0.05, 0.1) is 20.8 Å². The van der Waals surface area contributed by atoms with E-state index in [0.717, 1.165) is 31.1 Å². The molecule has 0 spiro atoms. The van der Waals surface area contributed by atoms with Gasteiger partial charge in [0.1, 0.15) is 0 Å². The van der Waals surface area contributed by atoms with Gasteiger partial charge in [-0.05, 0) is 76.5 Å². The Hall–Kier alpha value is -1.50. The fourth-order valence-corrected chi connectivity index (χ4v) is 3.65. The Bertz CT molecular complexity index is 592. The number of likely N-dealkylation sites (N-methyl/N-ethyl adjacent to an activating group) is 1. The number of hydrogen-bond donors (Lipinski definition) is 1. The van der Waals surface area contributed by atoms with Crippen LogP contribution >= 0.6 is 12.4 Å². The number of halogens is 1. The maximum absolute atomic E-state index is 12.8. The van der Waals surface area contributed by atoms with Crippen molar-refractivity contribution in [1.82, 2.24) is 15.1 Å². The number of nitrogens with one attached hydrogen (secondary N) is 1. The van der Waals surface area contributed by atoms with Crippen molar-refractivity contribution in [3.05, 3.63) is 23.8 Å². The van der Waals surface area contributed by atoms with Gasteiger partial charge in [0, 0.05) is 13.1 Å². The van der Waals surface area contributed by atoms with Crippen molar-refractivity contribution in [3.8, 4) is 11.5 Å². The Kier molecular flexibility index (Phi) is 11.3. The van der Waals surface area contributed by atoms with Crippen LogP contribution < -0.4 is 14.8 Å². The van der Waals surface area contributed by atoms with Gasteiger partial charge >= 0.3 is 0 Å². The summed E-state index contributed by atoms with van der Waals surface area (Å²) in [5, 5.41) is 3.23. The van der Waals surface area contributed by atoms with E-state index in [4.69, 9.17) is 9.47 Å². The molecule has 6 nitrogen and oxygen atoms in total. The summed E-state index contributed by atoms with van der Waals surface area (Å²) in [4.78, 5) is 17.0. The largest absolute Gasteiger partial charge is 0.493 e. The SMILES string of the molecule is CCN(Cc1ccc(OC)c(OC)c1)C(=O)CN1CCC(CCNC)CC1.Cl. The van der Waals surface area contributed by atoms with Crippen LogP contribution in [0.2, 0.25) is 0 Å². The predicted octanol–water partition coefficient (Wildman–Crippen LogP) is 2.80. The number of hydrogen-bond acceptors (Lipinski definition) is 5. The van der Waals surface area contributed by atoms with E-state index in [0.29, 0.717) is 31.1 Å². The van der Waals surface area contributed by atoms with Crippen LogP contribution in [0.1, 0.15) is 31.7 Å². The molecule has 0 bridgehead atoms. The number of rotatable bonds is 10. The number of nitrogens with zero attached hydrogens (tertiary/aromatic N) is 2. The van der Waals surface area contributed by atoms with Gasteiger partial charge in [0.25, 0.3) is 0 Å². The Morgan fingerprint density at radius 2 is 1.89 bits per heavy atom. The van der Waals surface area contributed by atoms with E-state index in [1.54, 1.807) is 14.2 Å². The Balaban J connectivity index is 0.00000392. The summed E-state index contributed by atoms with van der Waals surface area (Å²) in [5.41, 5.74) is 1.05. The monoisotopic (exact) mass is 413 g/mol. The Morgan fingerprint density at radius 3 is 2.46 bits per heavy atom. The molecule has 28 heavy (non-hydrogen) atoms. The molecule has 7 heteroatoms. The molecule has 160 valence electrons. The smallest absolute Gasteiger partial charge is 0.237 e. The van der Waals surface area contributed by atoms with Gasteiger partial charge in [0.15, 0.2) is 11.5 Å². The second-order valence-corrected chi connectivity index (χ2v) is 7.21. The minimum Gasteiger partial charge on any atom is -0.493 e. The highest BCUT2D eigenvalue weighted by Gasteiger charge is 2.22. The van der Waals surface area contributed by atoms with E-state index < -0.39 is 0 Å². The zero-order valence-electron chi connectivity index (χ0n) is 17.7.